The number of nitrogens with zero attached hydrogens (tertiary/aromatic N) is 1. The number of nitro benzene ring substituents is 1. The highest BCUT2D eigenvalue weighted by molar-refractivity contribution is 6.64. The maximum absolute atomic E-state index is 12.1. The van der Waals surface area contributed by atoms with Crippen molar-refractivity contribution in [3.8, 4) is 0 Å². The number of carbonyl (C=O) groups excluding carboxylic acids is 2. The van der Waals surface area contributed by atoms with Gasteiger partial charge in [0.2, 0.25) is 6.10 Å². The number of ether oxygens (including phenoxy) is 1. The van der Waals surface area contributed by atoms with Crippen molar-refractivity contribution in [1.82, 2.24) is 0 Å². The van der Waals surface area contributed by atoms with Crippen molar-refractivity contribution in [2.75, 3.05) is 0 Å². The van der Waals surface area contributed by atoms with Gasteiger partial charge in [0.1, 0.15) is 0 Å². The van der Waals surface area contributed by atoms with Crippen molar-refractivity contribution >= 4 is 28.5 Å². The molecule has 0 amide bonds. The van der Waals surface area contributed by atoms with Gasteiger partial charge in [0.05, 0.1) is 10.5 Å². The summed E-state index contributed by atoms with van der Waals surface area (Å²) in [5.74, 6) is -0.706. The molecule has 0 saturated heterocycles. The van der Waals surface area contributed by atoms with E-state index in [1.807, 2.05) is 6.92 Å². The highest BCUT2D eigenvalue weighted by Gasteiger charge is 2.24. The standard InChI is InChI=1S/C16H12ClNO5/c1-10-2-4-12(5-3-10)16(20)23-14(15(17)19)11-6-8-13(9-7-11)18(21)22/h2-9,14H,1H3. The molecule has 6 nitrogen and oxygen atoms in total. The van der Waals surface area contributed by atoms with Crippen LogP contribution in [0.25, 0.3) is 0 Å². The van der Waals surface area contributed by atoms with Crippen LogP contribution in [0.1, 0.15) is 27.6 Å². The number of non-ortho nitro benzene ring substituents is 1. The van der Waals surface area contributed by atoms with E-state index in [-0.39, 0.29) is 16.8 Å². The van der Waals surface area contributed by atoms with Crippen LogP contribution in [0.5, 0.6) is 0 Å². The minimum absolute atomic E-state index is 0.139. The summed E-state index contributed by atoms with van der Waals surface area (Å²) >= 11 is 5.49. The monoisotopic (exact) mass is 333 g/mol. The molecule has 1 unspecified atom stereocenters. The molecule has 2 rings (SSSR count). The molecule has 2 aromatic rings. The molecule has 0 bridgehead atoms. The lowest BCUT2D eigenvalue weighted by Crippen LogP contribution is -2.16. The molecular weight excluding hydrogens is 322 g/mol. The zero-order valence-electron chi connectivity index (χ0n) is 12.1. The smallest absolute Gasteiger partial charge is 0.339 e. The first-order chi connectivity index (χ1) is 10.9. The van der Waals surface area contributed by atoms with Gasteiger partial charge in [-0.15, -0.1) is 0 Å². The SMILES string of the molecule is Cc1ccc(C(=O)OC(C(=O)Cl)c2ccc([N+](=O)[O-])cc2)cc1. The molecule has 0 fully saturated rings. The molecule has 7 heteroatoms. The van der Waals surface area contributed by atoms with Crippen molar-refractivity contribution in [3.05, 3.63) is 75.3 Å². The van der Waals surface area contributed by atoms with Gasteiger partial charge in [-0.3, -0.25) is 14.9 Å². The van der Waals surface area contributed by atoms with E-state index in [0.717, 1.165) is 5.56 Å². The zero-order valence-corrected chi connectivity index (χ0v) is 12.8. The normalized spacial score (nSPS) is 11.6. The lowest BCUT2D eigenvalue weighted by atomic mass is 10.1. The van der Waals surface area contributed by atoms with E-state index in [1.165, 1.54) is 24.3 Å². The van der Waals surface area contributed by atoms with Crippen LogP contribution in [-0.2, 0) is 9.53 Å². The van der Waals surface area contributed by atoms with Crippen molar-refractivity contribution in [1.29, 1.82) is 0 Å². The third-order valence-corrected chi connectivity index (χ3v) is 3.32. The number of halogens is 1. The highest BCUT2D eigenvalue weighted by Crippen LogP contribution is 2.24. The second kappa shape index (κ2) is 7.02. The Labute approximate surface area is 136 Å². The molecule has 23 heavy (non-hydrogen) atoms. The molecule has 0 aliphatic rings. The lowest BCUT2D eigenvalue weighted by molar-refractivity contribution is -0.384. The summed E-state index contributed by atoms with van der Waals surface area (Å²) in [6.07, 6.45) is -1.33. The predicted octanol–water partition coefficient (Wildman–Crippen LogP) is 3.57. The number of nitro groups is 1. The Balaban J connectivity index is 2.21. The van der Waals surface area contributed by atoms with Gasteiger partial charge in [-0.25, -0.2) is 4.79 Å². The minimum Gasteiger partial charge on any atom is -0.444 e. The molecule has 0 aromatic heterocycles. The largest absolute Gasteiger partial charge is 0.444 e. The first-order valence-corrected chi connectivity index (χ1v) is 6.97. The first-order valence-electron chi connectivity index (χ1n) is 6.60. The van der Waals surface area contributed by atoms with Crippen molar-refractivity contribution in [2.24, 2.45) is 0 Å². The number of hydrogen-bond donors (Lipinski definition) is 0. The molecule has 0 heterocycles. The van der Waals surface area contributed by atoms with E-state index in [4.69, 9.17) is 16.3 Å². The van der Waals surface area contributed by atoms with Crippen LogP contribution in [0.4, 0.5) is 5.69 Å². The molecule has 0 aliphatic carbocycles. The Morgan fingerprint density at radius 3 is 2.13 bits per heavy atom. The summed E-state index contributed by atoms with van der Waals surface area (Å²) in [6.45, 7) is 1.87. The first kappa shape index (κ1) is 16.6. The second-order valence-corrected chi connectivity index (χ2v) is 5.18. The van der Waals surface area contributed by atoms with Crippen LogP contribution in [0, 0.1) is 17.0 Å². The van der Waals surface area contributed by atoms with Crippen molar-refractivity contribution in [2.45, 2.75) is 13.0 Å². The fourth-order valence-corrected chi connectivity index (χ4v) is 2.05. The summed E-state index contributed by atoms with van der Waals surface area (Å²) in [4.78, 5) is 33.7. The Kier molecular flexibility index (Phi) is 5.08. The molecular formula is C16H12ClNO5. The van der Waals surface area contributed by atoms with E-state index in [9.17, 15) is 19.7 Å². The third kappa shape index (κ3) is 4.14. The Bertz CT molecular complexity index is 740. The van der Waals surface area contributed by atoms with E-state index in [0.29, 0.717) is 0 Å². The molecule has 0 saturated carbocycles. The number of rotatable bonds is 5. The maximum Gasteiger partial charge on any atom is 0.339 e. The fraction of sp³-hybridized carbons (Fsp3) is 0.125. The van der Waals surface area contributed by atoms with Gasteiger partial charge >= 0.3 is 5.97 Å². The van der Waals surface area contributed by atoms with Gasteiger partial charge in [-0.05, 0) is 42.8 Å². The van der Waals surface area contributed by atoms with Crippen LogP contribution in [0.3, 0.4) is 0 Å². The topological polar surface area (TPSA) is 86.5 Å². The van der Waals surface area contributed by atoms with E-state index in [1.54, 1.807) is 24.3 Å². The van der Waals surface area contributed by atoms with Crippen LogP contribution in [-0.4, -0.2) is 16.1 Å². The maximum atomic E-state index is 12.1. The Morgan fingerprint density at radius 1 is 1.09 bits per heavy atom. The second-order valence-electron chi connectivity index (χ2n) is 4.80. The molecule has 0 radical (unpaired) electrons. The zero-order chi connectivity index (χ0) is 17.0. The van der Waals surface area contributed by atoms with Crippen molar-refractivity contribution in [3.63, 3.8) is 0 Å². The van der Waals surface area contributed by atoms with Crippen LogP contribution in [0.2, 0.25) is 0 Å². The molecule has 0 aliphatic heterocycles. The van der Waals surface area contributed by atoms with Gasteiger partial charge in [0.25, 0.3) is 10.9 Å². The summed E-state index contributed by atoms with van der Waals surface area (Å²) < 4.78 is 5.13. The van der Waals surface area contributed by atoms with Gasteiger partial charge in [0.15, 0.2) is 0 Å². The highest BCUT2D eigenvalue weighted by atomic mass is 35.5. The van der Waals surface area contributed by atoms with E-state index >= 15 is 0 Å². The molecule has 0 spiro atoms. The van der Waals surface area contributed by atoms with Gasteiger partial charge in [-0.1, -0.05) is 17.7 Å². The number of hydrogen-bond acceptors (Lipinski definition) is 5. The third-order valence-electron chi connectivity index (χ3n) is 3.12. The number of esters is 1. The summed E-state index contributed by atoms with van der Waals surface area (Å²) in [7, 11) is 0. The number of carbonyl (C=O) groups is 2. The molecule has 118 valence electrons. The van der Waals surface area contributed by atoms with Gasteiger partial charge in [0, 0.05) is 17.7 Å². The molecule has 0 N–H and O–H groups in total. The van der Waals surface area contributed by atoms with Gasteiger partial charge < -0.3 is 4.74 Å². The van der Waals surface area contributed by atoms with Gasteiger partial charge in [-0.2, -0.15) is 0 Å². The van der Waals surface area contributed by atoms with Crippen molar-refractivity contribution < 1.29 is 19.2 Å². The summed E-state index contributed by atoms with van der Waals surface area (Å²) in [6, 6.07) is 11.7. The van der Waals surface area contributed by atoms with Crippen LogP contribution < -0.4 is 0 Å². The number of aryl methyl sites for hydroxylation is 1. The average molecular weight is 334 g/mol. The molecule has 1 atom stereocenters. The lowest BCUT2D eigenvalue weighted by Gasteiger charge is -2.14. The van der Waals surface area contributed by atoms with E-state index < -0.39 is 22.2 Å². The Hall–Kier alpha value is -2.73. The summed E-state index contributed by atoms with van der Waals surface area (Å²) in [5.41, 5.74) is 1.37. The predicted molar refractivity (Wildman–Crippen MR) is 83.3 cm³/mol. The average Bonchev–Trinajstić information content (AvgIpc) is 2.53. The molecule has 2 aromatic carbocycles. The van der Waals surface area contributed by atoms with Crippen LogP contribution in [0.15, 0.2) is 48.5 Å². The van der Waals surface area contributed by atoms with Crippen LogP contribution >= 0.6 is 11.6 Å². The minimum atomic E-state index is -1.33. The van der Waals surface area contributed by atoms with E-state index in [2.05, 4.69) is 0 Å². The number of benzene rings is 2. The summed E-state index contributed by atoms with van der Waals surface area (Å²) in [5, 5.41) is 9.74. The Morgan fingerprint density at radius 2 is 1.65 bits per heavy atom. The quantitative estimate of drug-likeness (QED) is 0.361. The fourth-order valence-electron chi connectivity index (χ4n) is 1.88.